The maximum Gasteiger partial charge on any atom is 0.319 e. The summed E-state index contributed by atoms with van der Waals surface area (Å²) in [4.78, 5) is 14.4. The second kappa shape index (κ2) is 9.82. The highest BCUT2D eigenvalue weighted by Crippen LogP contribution is 2.17. The number of benzene rings is 2. The Morgan fingerprint density at radius 3 is 2.42 bits per heavy atom. The number of piperidine rings is 1. The van der Waals surface area contributed by atoms with Crippen molar-refractivity contribution in [2.45, 2.75) is 25.9 Å². The molecule has 1 aliphatic rings. The quantitative estimate of drug-likeness (QED) is 0.794. The number of nitrogens with zero attached hydrogens (tertiary/aromatic N) is 1. The van der Waals surface area contributed by atoms with Gasteiger partial charge in [-0.1, -0.05) is 36.8 Å². The molecule has 5 nitrogen and oxygen atoms in total. The van der Waals surface area contributed by atoms with Crippen molar-refractivity contribution in [2.75, 3.05) is 31.5 Å². The zero-order chi connectivity index (χ0) is 18.0. The van der Waals surface area contributed by atoms with Gasteiger partial charge in [-0.15, -0.1) is 0 Å². The number of likely N-dealkylation sites (tertiary alicyclic amines) is 1. The number of anilines is 1. The van der Waals surface area contributed by atoms with Crippen LogP contribution in [-0.2, 0) is 6.61 Å². The molecule has 1 heterocycles. The number of hydrogen-bond acceptors (Lipinski definition) is 3. The summed E-state index contributed by atoms with van der Waals surface area (Å²) in [7, 11) is 0. The Balaban J connectivity index is 1.37. The Bertz CT molecular complexity index is 667. The standard InChI is InChI=1S/C21H27N3O2/c25-21(22-13-16-24-14-5-2-6-15-24)23-19-9-11-20(12-10-19)26-17-18-7-3-1-4-8-18/h1,3-4,7-12H,2,5-6,13-17H2,(H2,22,23,25). The average molecular weight is 353 g/mol. The van der Waals surface area contributed by atoms with Crippen LogP contribution in [0.25, 0.3) is 0 Å². The minimum absolute atomic E-state index is 0.167. The van der Waals surface area contributed by atoms with E-state index in [1.807, 2.05) is 54.6 Å². The molecule has 1 saturated heterocycles. The van der Waals surface area contributed by atoms with Crippen molar-refractivity contribution < 1.29 is 9.53 Å². The smallest absolute Gasteiger partial charge is 0.319 e. The Hall–Kier alpha value is -2.53. The van der Waals surface area contributed by atoms with Crippen LogP contribution in [0.1, 0.15) is 24.8 Å². The van der Waals surface area contributed by atoms with Gasteiger partial charge in [-0.25, -0.2) is 4.79 Å². The van der Waals surface area contributed by atoms with E-state index >= 15 is 0 Å². The van der Waals surface area contributed by atoms with E-state index in [-0.39, 0.29) is 6.03 Å². The molecule has 5 heteroatoms. The number of nitrogens with one attached hydrogen (secondary N) is 2. The lowest BCUT2D eigenvalue weighted by Crippen LogP contribution is -2.39. The molecule has 2 amide bonds. The fourth-order valence-electron chi connectivity index (χ4n) is 3.06. The van der Waals surface area contributed by atoms with Crippen LogP contribution in [0.2, 0.25) is 0 Å². The SMILES string of the molecule is O=C(NCCN1CCCCC1)Nc1ccc(OCc2ccccc2)cc1. The van der Waals surface area contributed by atoms with Crippen LogP contribution in [-0.4, -0.2) is 37.1 Å². The van der Waals surface area contributed by atoms with Crippen LogP contribution in [0.3, 0.4) is 0 Å². The molecule has 0 spiro atoms. The van der Waals surface area contributed by atoms with Gasteiger partial charge in [0.2, 0.25) is 0 Å². The predicted octanol–water partition coefficient (Wildman–Crippen LogP) is 3.87. The van der Waals surface area contributed by atoms with E-state index in [9.17, 15) is 4.79 Å². The molecule has 2 aromatic rings. The highest BCUT2D eigenvalue weighted by Gasteiger charge is 2.10. The molecule has 138 valence electrons. The molecule has 26 heavy (non-hydrogen) atoms. The first-order chi connectivity index (χ1) is 12.8. The van der Waals surface area contributed by atoms with Crippen molar-refractivity contribution in [3.8, 4) is 5.75 Å². The summed E-state index contributed by atoms with van der Waals surface area (Å²) in [5.74, 6) is 0.782. The highest BCUT2D eigenvalue weighted by atomic mass is 16.5. The summed E-state index contributed by atoms with van der Waals surface area (Å²) in [5.41, 5.74) is 1.88. The topological polar surface area (TPSA) is 53.6 Å². The van der Waals surface area contributed by atoms with Crippen molar-refractivity contribution in [1.29, 1.82) is 0 Å². The third-order valence-corrected chi connectivity index (χ3v) is 4.52. The van der Waals surface area contributed by atoms with Gasteiger partial charge in [-0.2, -0.15) is 0 Å². The summed E-state index contributed by atoms with van der Waals surface area (Å²) in [6.45, 7) is 4.41. The minimum atomic E-state index is -0.167. The van der Waals surface area contributed by atoms with Gasteiger partial charge < -0.3 is 20.3 Å². The second-order valence-corrected chi connectivity index (χ2v) is 6.58. The van der Waals surface area contributed by atoms with E-state index in [4.69, 9.17) is 4.74 Å². The lowest BCUT2D eigenvalue weighted by Gasteiger charge is -2.26. The first kappa shape index (κ1) is 18.3. The van der Waals surface area contributed by atoms with Gasteiger partial charge in [0.15, 0.2) is 0 Å². The Morgan fingerprint density at radius 1 is 0.962 bits per heavy atom. The molecule has 0 unspecified atom stereocenters. The van der Waals surface area contributed by atoms with Crippen LogP contribution < -0.4 is 15.4 Å². The molecule has 2 aromatic carbocycles. The van der Waals surface area contributed by atoms with E-state index in [1.54, 1.807) is 0 Å². The first-order valence-electron chi connectivity index (χ1n) is 9.33. The van der Waals surface area contributed by atoms with Gasteiger partial charge >= 0.3 is 6.03 Å². The fraction of sp³-hybridized carbons (Fsp3) is 0.381. The molecule has 0 saturated carbocycles. The summed E-state index contributed by atoms with van der Waals surface area (Å²) in [5, 5.41) is 5.77. The molecule has 1 aliphatic heterocycles. The molecule has 3 rings (SSSR count). The molecule has 1 fully saturated rings. The van der Waals surface area contributed by atoms with Gasteiger partial charge in [0.05, 0.1) is 0 Å². The van der Waals surface area contributed by atoms with Crippen LogP contribution in [0, 0.1) is 0 Å². The second-order valence-electron chi connectivity index (χ2n) is 6.58. The van der Waals surface area contributed by atoms with Gasteiger partial charge in [0, 0.05) is 18.8 Å². The van der Waals surface area contributed by atoms with Gasteiger partial charge in [0.1, 0.15) is 12.4 Å². The lowest BCUT2D eigenvalue weighted by atomic mass is 10.1. The minimum Gasteiger partial charge on any atom is -0.489 e. The Kier molecular flexibility index (Phi) is 6.90. The van der Waals surface area contributed by atoms with Crippen LogP contribution in [0.15, 0.2) is 54.6 Å². The van der Waals surface area contributed by atoms with Crippen LogP contribution in [0.4, 0.5) is 10.5 Å². The number of amides is 2. The molecule has 0 bridgehead atoms. The number of ether oxygens (including phenoxy) is 1. The predicted molar refractivity (Wildman–Crippen MR) is 105 cm³/mol. The molecule has 0 aromatic heterocycles. The number of carbonyl (C=O) groups excluding carboxylic acids is 1. The third kappa shape index (κ3) is 6.08. The summed E-state index contributed by atoms with van der Waals surface area (Å²) >= 11 is 0. The zero-order valence-electron chi connectivity index (χ0n) is 15.1. The highest BCUT2D eigenvalue weighted by molar-refractivity contribution is 5.89. The normalized spacial score (nSPS) is 14.6. The van der Waals surface area contributed by atoms with Crippen LogP contribution >= 0.6 is 0 Å². The third-order valence-electron chi connectivity index (χ3n) is 4.52. The van der Waals surface area contributed by atoms with Gasteiger partial charge in [-0.05, 0) is 55.8 Å². The maximum atomic E-state index is 12.0. The van der Waals surface area contributed by atoms with E-state index in [1.165, 1.54) is 19.3 Å². The van der Waals surface area contributed by atoms with Crippen molar-refractivity contribution >= 4 is 11.7 Å². The van der Waals surface area contributed by atoms with Crippen molar-refractivity contribution in [2.24, 2.45) is 0 Å². The van der Waals surface area contributed by atoms with E-state index in [0.717, 1.165) is 36.6 Å². The van der Waals surface area contributed by atoms with Crippen molar-refractivity contribution in [1.82, 2.24) is 10.2 Å². The Labute approximate surface area is 155 Å². The summed E-state index contributed by atoms with van der Waals surface area (Å²) < 4.78 is 5.75. The monoisotopic (exact) mass is 353 g/mol. The largest absolute Gasteiger partial charge is 0.489 e. The van der Waals surface area contributed by atoms with Crippen molar-refractivity contribution in [3.63, 3.8) is 0 Å². The van der Waals surface area contributed by atoms with Crippen LogP contribution in [0.5, 0.6) is 5.75 Å². The van der Waals surface area contributed by atoms with Gasteiger partial charge in [-0.3, -0.25) is 0 Å². The molecule has 0 radical (unpaired) electrons. The summed E-state index contributed by atoms with van der Waals surface area (Å²) in [6.07, 6.45) is 3.87. The van der Waals surface area contributed by atoms with E-state index in [0.29, 0.717) is 13.2 Å². The zero-order valence-corrected chi connectivity index (χ0v) is 15.1. The fourth-order valence-corrected chi connectivity index (χ4v) is 3.06. The average Bonchev–Trinajstić information content (AvgIpc) is 2.69. The molecule has 0 atom stereocenters. The molecule has 2 N–H and O–H groups in total. The number of carbonyl (C=O) groups is 1. The van der Waals surface area contributed by atoms with Crippen molar-refractivity contribution in [3.05, 3.63) is 60.2 Å². The lowest BCUT2D eigenvalue weighted by molar-refractivity contribution is 0.224. The molecule has 0 aliphatic carbocycles. The number of urea groups is 1. The molecular formula is C21H27N3O2. The maximum absolute atomic E-state index is 12.0. The summed E-state index contributed by atoms with van der Waals surface area (Å²) in [6, 6.07) is 17.3. The van der Waals surface area contributed by atoms with Gasteiger partial charge in [0.25, 0.3) is 0 Å². The van der Waals surface area contributed by atoms with E-state index < -0.39 is 0 Å². The van der Waals surface area contributed by atoms with E-state index in [2.05, 4.69) is 15.5 Å². The first-order valence-corrected chi connectivity index (χ1v) is 9.33. The Morgan fingerprint density at radius 2 is 1.69 bits per heavy atom. The molecular weight excluding hydrogens is 326 g/mol. The number of rotatable bonds is 7. The number of hydrogen-bond donors (Lipinski definition) is 2.